The molecule has 7 fully saturated rings. The van der Waals surface area contributed by atoms with E-state index in [9.17, 15) is 0 Å². The summed E-state index contributed by atoms with van der Waals surface area (Å²) in [6, 6.07) is 39.7. The van der Waals surface area contributed by atoms with Crippen LogP contribution in [-0.2, 0) is 0 Å². The number of hydrogen-bond acceptors (Lipinski definition) is 5. The van der Waals surface area contributed by atoms with Crippen LogP contribution in [0.5, 0.6) is 0 Å². The van der Waals surface area contributed by atoms with Crippen molar-refractivity contribution >= 4 is 0 Å². The summed E-state index contributed by atoms with van der Waals surface area (Å²) in [5.74, 6) is 3.16. The third-order valence-electron chi connectivity index (χ3n) is 13.9. The summed E-state index contributed by atoms with van der Waals surface area (Å²) in [4.78, 5) is 3.24. The van der Waals surface area contributed by atoms with E-state index in [1.165, 1.54) is 44.1 Å². The monoisotopic (exact) mass is 599 g/mol. The van der Waals surface area contributed by atoms with E-state index in [1.807, 2.05) is 0 Å². The molecule has 0 amide bonds. The summed E-state index contributed by atoms with van der Waals surface area (Å²) in [5, 5.41) is 5.76. The highest BCUT2D eigenvalue weighted by Crippen LogP contribution is 2.58. The van der Waals surface area contributed by atoms with Crippen LogP contribution in [-0.4, -0.2) is 69.3 Å². The fraction of sp³-hybridized carbons (Fsp3) is 0.550. The van der Waals surface area contributed by atoms with E-state index < -0.39 is 0 Å². The molecule has 7 aliphatic rings. The van der Waals surface area contributed by atoms with Gasteiger partial charge in [0.25, 0.3) is 0 Å². The van der Waals surface area contributed by atoms with Crippen molar-refractivity contribution in [3.63, 3.8) is 0 Å². The Hall–Kier alpha value is -2.54. The van der Waals surface area contributed by atoms with Crippen LogP contribution in [0.15, 0.2) is 91.0 Å². The van der Waals surface area contributed by atoms with Crippen molar-refractivity contribution < 1.29 is 0 Å². The molecule has 0 radical (unpaired) electrons. The number of benzene rings is 3. The summed E-state index contributed by atoms with van der Waals surface area (Å²) in [7, 11) is 0. The van der Waals surface area contributed by atoms with E-state index in [2.05, 4.69) is 131 Å². The molecule has 0 bridgehead atoms. The molecule has 12 unspecified atom stereocenters. The standard InChI is InChI=1S/C40H49N5/c1-24-36-30(27-14-8-4-9-15-27)18-20-32-39(36)44(41-24)34-22-29(26-12-6-3-7-13-26)23-35-38(34)43(32)33-21-19-31(28-16-10-5-11-17-28)37-25(2)42-45(35)40(33)37/h3-17,24-25,29-42H,18-23H2,1-2H3. The first-order valence-electron chi connectivity index (χ1n) is 18.2. The van der Waals surface area contributed by atoms with Crippen LogP contribution in [0.25, 0.3) is 0 Å². The normalized spacial score (nSPS) is 45.5. The smallest absolute Gasteiger partial charge is 0.0452 e. The molecule has 5 nitrogen and oxygen atoms in total. The highest BCUT2D eigenvalue weighted by molar-refractivity contribution is 5.32. The van der Waals surface area contributed by atoms with Crippen molar-refractivity contribution in [1.82, 2.24) is 25.8 Å². The molecule has 3 aromatic carbocycles. The molecule has 4 heterocycles. The number of piperazine rings is 2. The molecular weight excluding hydrogens is 550 g/mol. The molecule has 3 aromatic rings. The maximum absolute atomic E-state index is 4.21. The van der Waals surface area contributed by atoms with Crippen LogP contribution < -0.4 is 10.9 Å². The molecule has 4 saturated heterocycles. The molecule has 2 N–H and O–H groups in total. The lowest BCUT2D eigenvalue weighted by Gasteiger charge is -2.68. The van der Waals surface area contributed by atoms with Gasteiger partial charge in [-0.25, -0.2) is 10.0 Å². The minimum Gasteiger partial charge on any atom is -0.288 e. The third-order valence-corrected chi connectivity index (χ3v) is 13.9. The molecule has 0 spiro atoms. The Morgan fingerprint density at radius 2 is 0.911 bits per heavy atom. The largest absolute Gasteiger partial charge is 0.288 e. The second-order valence-electron chi connectivity index (χ2n) is 15.8. The molecule has 3 saturated carbocycles. The summed E-state index contributed by atoms with van der Waals surface area (Å²) in [5.41, 5.74) is 13.1. The van der Waals surface area contributed by atoms with Gasteiger partial charge in [-0.05, 0) is 86.8 Å². The quantitative estimate of drug-likeness (QED) is 0.371. The first kappa shape index (κ1) is 27.6. The lowest BCUT2D eigenvalue weighted by molar-refractivity contribution is -0.200. The minimum atomic E-state index is 0.499. The van der Waals surface area contributed by atoms with Gasteiger partial charge in [0.1, 0.15) is 0 Å². The lowest BCUT2D eigenvalue weighted by Crippen LogP contribution is -2.83. The number of hydrogen-bond donors (Lipinski definition) is 2. The maximum atomic E-state index is 4.21. The lowest BCUT2D eigenvalue weighted by atomic mass is 9.61. The molecule has 4 aliphatic heterocycles. The summed E-state index contributed by atoms with van der Waals surface area (Å²) < 4.78 is 0. The van der Waals surface area contributed by atoms with Gasteiger partial charge >= 0.3 is 0 Å². The SMILES string of the molecule is CC1NN2C3CC(c4ccccc4)CC4C3N(C3CCC(c5ccccc5)C1C32)C1CCC(c2ccccc2)C2C(C)NN4C21. The second-order valence-corrected chi connectivity index (χ2v) is 15.8. The summed E-state index contributed by atoms with van der Waals surface area (Å²) in [6.45, 7) is 5.00. The van der Waals surface area contributed by atoms with Crippen LogP contribution >= 0.6 is 0 Å². The summed E-state index contributed by atoms with van der Waals surface area (Å²) >= 11 is 0. The highest BCUT2D eigenvalue weighted by Gasteiger charge is 2.68. The van der Waals surface area contributed by atoms with Gasteiger partial charge in [-0.2, -0.15) is 0 Å². The Bertz CT molecular complexity index is 1420. The molecule has 12 atom stereocenters. The van der Waals surface area contributed by atoms with Crippen LogP contribution in [0.2, 0.25) is 0 Å². The Morgan fingerprint density at radius 1 is 0.489 bits per heavy atom. The zero-order chi connectivity index (χ0) is 29.8. The predicted octanol–water partition coefficient (Wildman–Crippen LogP) is 6.28. The Morgan fingerprint density at radius 3 is 1.36 bits per heavy atom. The topological polar surface area (TPSA) is 33.8 Å². The first-order chi connectivity index (χ1) is 22.2. The zero-order valence-electron chi connectivity index (χ0n) is 26.8. The van der Waals surface area contributed by atoms with Gasteiger partial charge in [-0.15, -0.1) is 0 Å². The first-order valence-corrected chi connectivity index (χ1v) is 18.2. The molecule has 3 aliphatic carbocycles. The van der Waals surface area contributed by atoms with Crippen molar-refractivity contribution in [1.29, 1.82) is 0 Å². The van der Waals surface area contributed by atoms with Crippen molar-refractivity contribution in [2.75, 3.05) is 0 Å². The van der Waals surface area contributed by atoms with E-state index in [4.69, 9.17) is 0 Å². The van der Waals surface area contributed by atoms with Gasteiger partial charge in [0.05, 0.1) is 0 Å². The fourth-order valence-electron chi connectivity index (χ4n) is 12.6. The average molecular weight is 600 g/mol. The van der Waals surface area contributed by atoms with E-state index in [0.29, 0.717) is 84.0 Å². The van der Waals surface area contributed by atoms with Crippen LogP contribution in [0, 0.1) is 11.8 Å². The van der Waals surface area contributed by atoms with Gasteiger partial charge < -0.3 is 0 Å². The number of fused-ring (bicyclic) bond motifs is 4. The fourth-order valence-corrected chi connectivity index (χ4v) is 12.6. The Labute approximate surface area is 269 Å². The van der Waals surface area contributed by atoms with Crippen molar-refractivity contribution in [2.45, 2.75) is 125 Å². The second kappa shape index (κ2) is 10.5. The van der Waals surface area contributed by atoms with Crippen LogP contribution in [0.3, 0.4) is 0 Å². The van der Waals surface area contributed by atoms with Crippen molar-refractivity contribution in [3.8, 4) is 0 Å². The molecule has 5 heteroatoms. The van der Waals surface area contributed by atoms with Gasteiger partial charge in [0, 0.05) is 66.2 Å². The number of nitrogens with zero attached hydrogens (tertiary/aromatic N) is 3. The minimum absolute atomic E-state index is 0.499. The van der Waals surface area contributed by atoms with E-state index in [0.717, 1.165) is 0 Å². The van der Waals surface area contributed by atoms with Crippen molar-refractivity contribution in [3.05, 3.63) is 108 Å². The maximum Gasteiger partial charge on any atom is 0.0452 e. The van der Waals surface area contributed by atoms with E-state index in [-0.39, 0.29) is 0 Å². The molecule has 234 valence electrons. The van der Waals surface area contributed by atoms with Crippen LogP contribution in [0.4, 0.5) is 0 Å². The highest BCUT2D eigenvalue weighted by atomic mass is 15.7. The third kappa shape index (κ3) is 3.97. The van der Waals surface area contributed by atoms with E-state index in [1.54, 1.807) is 11.1 Å². The molecular formula is C40H49N5. The van der Waals surface area contributed by atoms with Gasteiger partial charge in [0.2, 0.25) is 0 Å². The number of hydrazine groups is 2. The average Bonchev–Trinajstić information content (AvgIpc) is 3.64. The predicted molar refractivity (Wildman–Crippen MR) is 179 cm³/mol. The van der Waals surface area contributed by atoms with Crippen molar-refractivity contribution in [2.24, 2.45) is 11.8 Å². The number of nitrogens with one attached hydrogen (secondary N) is 2. The molecule has 45 heavy (non-hydrogen) atoms. The van der Waals surface area contributed by atoms with Gasteiger partial charge in [-0.3, -0.25) is 15.8 Å². The Balaban J connectivity index is 1.09. The molecule has 10 rings (SSSR count). The van der Waals surface area contributed by atoms with Crippen LogP contribution in [0.1, 0.15) is 86.8 Å². The Kier molecular flexibility index (Phi) is 6.42. The van der Waals surface area contributed by atoms with Gasteiger partial charge in [0.15, 0.2) is 0 Å². The summed E-state index contributed by atoms with van der Waals surface area (Å²) in [6.07, 6.45) is 7.78. The van der Waals surface area contributed by atoms with Gasteiger partial charge in [-0.1, -0.05) is 91.0 Å². The zero-order valence-corrected chi connectivity index (χ0v) is 26.8. The van der Waals surface area contributed by atoms with E-state index >= 15 is 0 Å². The number of rotatable bonds is 3. The molecule has 0 aromatic heterocycles.